The lowest BCUT2D eigenvalue weighted by atomic mass is 10.1. The van der Waals surface area contributed by atoms with Crippen molar-refractivity contribution in [3.05, 3.63) is 64.0 Å². The Labute approximate surface area is 140 Å². The number of rotatable bonds is 5. The lowest BCUT2D eigenvalue weighted by Crippen LogP contribution is -2.01. The molecule has 0 spiro atoms. The lowest BCUT2D eigenvalue weighted by Gasteiger charge is -2.07. The summed E-state index contributed by atoms with van der Waals surface area (Å²) in [5.41, 5.74) is 11.1. The average Bonchev–Trinajstić information content (AvgIpc) is 3.00. The third kappa shape index (κ3) is 3.90. The Morgan fingerprint density at radius 2 is 1.83 bits per heavy atom. The predicted molar refractivity (Wildman–Crippen MR) is 97.1 cm³/mol. The van der Waals surface area contributed by atoms with E-state index in [4.69, 9.17) is 10.5 Å². The van der Waals surface area contributed by atoms with Crippen LogP contribution in [0.1, 0.15) is 16.1 Å². The molecule has 0 aliphatic carbocycles. The highest BCUT2D eigenvalue weighted by Crippen LogP contribution is 2.23. The van der Waals surface area contributed by atoms with E-state index in [0.29, 0.717) is 6.61 Å². The molecule has 0 unspecified atom stereocenters. The van der Waals surface area contributed by atoms with Gasteiger partial charge in [0.2, 0.25) is 0 Å². The smallest absolute Gasteiger partial charge is 0.119 e. The van der Waals surface area contributed by atoms with Crippen molar-refractivity contribution in [2.75, 3.05) is 12.3 Å². The van der Waals surface area contributed by atoms with Crippen LogP contribution in [0.15, 0.2) is 47.8 Å². The Kier molecular flexibility index (Phi) is 4.63. The molecule has 1 heterocycles. The number of hydrogen-bond acceptors (Lipinski definition) is 4. The van der Waals surface area contributed by atoms with Gasteiger partial charge in [-0.2, -0.15) is 0 Å². The number of anilines is 1. The van der Waals surface area contributed by atoms with E-state index in [1.54, 1.807) is 11.3 Å². The van der Waals surface area contributed by atoms with E-state index in [0.717, 1.165) is 34.1 Å². The van der Waals surface area contributed by atoms with Gasteiger partial charge in [0.05, 0.1) is 17.3 Å². The van der Waals surface area contributed by atoms with Crippen molar-refractivity contribution in [1.29, 1.82) is 0 Å². The molecule has 0 radical (unpaired) electrons. The number of aryl methyl sites for hydroxylation is 2. The lowest BCUT2D eigenvalue weighted by molar-refractivity contribution is 0.321. The van der Waals surface area contributed by atoms with Crippen LogP contribution in [0.3, 0.4) is 0 Å². The molecule has 0 saturated carbocycles. The zero-order valence-corrected chi connectivity index (χ0v) is 14.2. The van der Waals surface area contributed by atoms with E-state index in [1.165, 1.54) is 11.1 Å². The third-order valence-corrected chi connectivity index (χ3v) is 4.73. The van der Waals surface area contributed by atoms with Gasteiger partial charge in [0.1, 0.15) is 5.75 Å². The molecular weight excluding hydrogens is 304 g/mol. The van der Waals surface area contributed by atoms with Crippen LogP contribution in [0.2, 0.25) is 0 Å². The summed E-state index contributed by atoms with van der Waals surface area (Å²) in [6, 6.07) is 14.0. The van der Waals surface area contributed by atoms with Gasteiger partial charge < -0.3 is 10.5 Å². The van der Waals surface area contributed by atoms with Crippen LogP contribution in [-0.4, -0.2) is 11.6 Å². The van der Waals surface area contributed by atoms with Gasteiger partial charge >= 0.3 is 0 Å². The van der Waals surface area contributed by atoms with Crippen molar-refractivity contribution >= 4 is 17.0 Å². The largest absolute Gasteiger partial charge is 0.493 e. The van der Waals surface area contributed by atoms with Gasteiger partial charge in [0.25, 0.3) is 0 Å². The topological polar surface area (TPSA) is 48.1 Å². The molecule has 3 rings (SSSR count). The molecule has 0 aliphatic rings. The second-order valence-corrected chi connectivity index (χ2v) is 6.54. The van der Waals surface area contributed by atoms with E-state index in [9.17, 15) is 0 Å². The maximum Gasteiger partial charge on any atom is 0.119 e. The van der Waals surface area contributed by atoms with Gasteiger partial charge in [0.15, 0.2) is 0 Å². The molecule has 1 aromatic heterocycles. The van der Waals surface area contributed by atoms with Crippen molar-refractivity contribution in [3.8, 4) is 17.0 Å². The molecule has 0 fully saturated rings. The SMILES string of the molecule is Cc1ccc(OCCc2nc(-c3ccc(N)cc3)cs2)cc1C. The summed E-state index contributed by atoms with van der Waals surface area (Å²) in [5, 5.41) is 3.16. The zero-order chi connectivity index (χ0) is 16.2. The summed E-state index contributed by atoms with van der Waals surface area (Å²) in [7, 11) is 0. The molecule has 0 amide bonds. The number of nitrogens with zero attached hydrogens (tertiary/aromatic N) is 1. The number of aromatic nitrogens is 1. The van der Waals surface area contributed by atoms with Gasteiger partial charge in [-0.05, 0) is 49.2 Å². The van der Waals surface area contributed by atoms with Gasteiger partial charge in [-0.15, -0.1) is 11.3 Å². The Hall–Kier alpha value is -2.33. The minimum absolute atomic E-state index is 0.636. The fraction of sp³-hybridized carbons (Fsp3) is 0.211. The summed E-state index contributed by atoms with van der Waals surface area (Å²) < 4.78 is 5.83. The van der Waals surface area contributed by atoms with Crippen molar-refractivity contribution in [3.63, 3.8) is 0 Å². The van der Waals surface area contributed by atoms with E-state index < -0.39 is 0 Å². The van der Waals surface area contributed by atoms with Crippen molar-refractivity contribution in [1.82, 2.24) is 4.98 Å². The first-order valence-corrected chi connectivity index (χ1v) is 8.50. The van der Waals surface area contributed by atoms with Crippen LogP contribution in [0.25, 0.3) is 11.3 Å². The first-order chi connectivity index (χ1) is 11.1. The quantitative estimate of drug-likeness (QED) is 0.696. The first kappa shape index (κ1) is 15.6. The van der Waals surface area contributed by atoms with Crippen molar-refractivity contribution in [2.24, 2.45) is 0 Å². The molecule has 118 valence electrons. The minimum Gasteiger partial charge on any atom is -0.493 e. The van der Waals surface area contributed by atoms with Crippen LogP contribution in [0.5, 0.6) is 5.75 Å². The summed E-state index contributed by atoms with van der Waals surface area (Å²) >= 11 is 1.67. The monoisotopic (exact) mass is 324 g/mol. The van der Waals surface area contributed by atoms with Crippen LogP contribution in [0, 0.1) is 13.8 Å². The fourth-order valence-corrected chi connectivity index (χ4v) is 3.06. The summed E-state index contributed by atoms with van der Waals surface area (Å²) in [6.07, 6.45) is 0.812. The molecule has 2 aromatic carbocycles. The molecule has 2 N–H and O–H groups in total. The van der Waals surface area contributed by atoms with Crippen LogP contribution < -0.4 is 10.5 Å². The molecule has 0 bridgehead atoms. The molecule has 4 heteroatoms. The number of benzene rings is 2. The number of thiazole rings is 1. The molecule has 3 nitrogen and oxygen atoms in total. The number of hydrogen-bond donors (Lipinski definition) is 1. The second kappa shape index (κ2) is 6.84. The van der Waals surface area contributed by atoms with Gasteiger partial charge in [-0.1, -0.05) is 18.2 Å². The standard InChI is InChI=1S/C19H20N2OS/c1-13-3-8-17(11-14(13)2)22-10-9-19-21-18(12-23-19)15-4-6-16(20)7-5-15/h3-8,11-12H,9-10,20H2,1-2H3. The molecule has 0 atom stereocenters. The van der Waals surface area contributed by atoms with Crippen molar-refractivity contribution < 1.29 is 4.74 Å². The summed E-state index contributed by atoms with van der Waals surface area (Å²) in [4.78, 5) is 4.67. The van der Waals surface area contributed by atoms with Crippen LogP contribution in [0.4, 0.5) is 5.69 Å². The predicted octanol–water partition coefficient (Wildman–Crippen LogP) is 4.63. The summed E-state index contributed by atoms with van der Waals surface area (Å²) in [6.45, 7) is 4.84. The maximum atomic E-state index is 5.83. The highest BCUT2D eigenvalue weighted by molar-refractivity contribution is 7.09. The van der Waals surface area contributed by atoms with E-state index in [1.807, 2.05) is 30.3 Å². The molecule has 23 heavy (non-hydrogen) atoms. The minimum atomic E-state index is 0.636. The van der Waals surface area contributed by atoms with E-state index >= 15 is 0 Å². The van der Waals surface area contributed by atoms with Gasteiger partial charge in [0, 0.05) is 23.1 Å². The van der Waals surface area contributed by atoms with Crippen molar-refractivity contribution in [2.45, 2.75) is 20.3 Å². The highest BCUT2D eigenvalue weighted by Gasteiger charge is 2.05. The van der Waals surface area contributed by atoms with E-state index in [-0.39, 0.29) is 0 Å². The van der Waals surface area contributed by atoms with Crippen LogP contribution in [-0.2, 0) is 6.42 Å². The van der Waals surface area contributed by atoms with Crippen LogP contribution >= 0.6 is 11.3 Å². The zero-order valence-electron chi connectivity index (χ0n) is 13.4. The molecule has 0 aliphatic heterocycles. The summed E-state index contributed by atoms with van der Waals surface area (Å²) in [5.74, 6) is 0.920. The Morgan fingerprint density at radius 3 is 2.57 bits per heavy atom. The first-order valence-electron chi connectivity index (χ1n) is 7.62. The molecule has 3 aromatic rings. The number of ether oxygens (including phenoxy) is 1. The van der Waals surface area contributed by atoms with Gasteiger partial charge in [-0.3, -0.25) is 0 Å². The maximum absolute atomic E-state index is 5.83. The van der Waals surface area contributed by atoms with E-state index in [2.05, 4.69) is 36.3 Å². The third-order valence-electron chi connectivity index (χ3n) is 3.82. The normalized spacial score (nSPS) is 10.7. The van der Waals surface area contributed by atoms with Gasteiger partial charge in [-0.25, -0.2) is 4.98 Å². The Balaban J connectivity index is 1.59. The Morgan fingerprint density at radius 1 is 1.04 bits per heavy atom. The Bertz CT molecular complexity index is 793. The average molecular weight is 324 g/mol. The number of nitrogens with two attached hydrogens (primary N) is 1. The number of nitrogen functional groups attached to an aromatic ring is 1. The fourth-order valence-electron chi connectivity index (χ4n) is 2.27. The molecule has 0 saturated heterocycles. The molecular formula is C19H20N2OS. The second-order valence-electron chi connectivity index (χ2n) is 5.59. The highest BCUT2D eigenvalue weighted by atomic mass is 32.1.